The van der Waals surface area contributed by atoms with E-state index in [1.54, 1.807) is 0 Å². The Labute approximate surface area is 110 Å². The number of nitrogens with zero attached hydrogens (tertiary/aromatic N) is 2. The van der Waals surface area contributed by atoms with Crippen LogP contribution in [0.25, 0.3) is 0 Å². The van der Waals surface area contributed by atoms with Crippen LogP contribution < -0.4 is 5.32 Å². The molecule has 1 aliphatic heterocycles. The maximum Gasteiger partial charge on any atom is 0.239 e. The zero-order valence-electron chi connectivity index (χ0n) is 11.9. The van der Waals surface area contributed by atoms with Crippen LogP contribution in [0.5, 0.6) is 0 Å². The average molecular weight is 257 g/mol. The van der Waals surface area contributed by atoms with E-state index in [1.165, 1.54) is 0 Å². The SMILES string of the molecule is CCN(CC)CCNC(C)C(=O)N1CCOCC1. The monoisotopic (exact) mass is 257 g/mol. The van der Waals surface area contributed by atoms with Gasteiger partial charge in [0.05, 0.1) is 19.3 Å². The highest BCUT2D eigenvalue weighted by Gasteiger charge is 2.21. The number of hydrogen-bond acceptors (Lipinski definition) is 4. The van der Waals surface area contributed by atoms with E-state index in [4.69, 9.17) is 4.74 Å². The lowest BCUT2D eigenvalue weighted by molar-refractivity contribution is -0.137. The van der Waals surface area contributed by atoms with Gasteiger partial charge in [-0.2, -0.15) is 0 Å². The predicted octanol–water partition coefficient (Wildman–Crippen LogP) is 0.165. The molecule has 1 amide bonds. The van der Waals surface area contributed by atoms with Gasteiger partial charge in [-0.1, -0.05) is 13.8 Å². The van der Waals surface area contributed by atoms with Gasteiger partial charge < -0.3 is 19.9 Å². The van der Waals surface area contributed by atoms with E-state index in [1.807, 2.05) is 11.8 Å². The minimum absolute atomic E-state index is 0.0985. The Morgan fingerprint density at radius 1 is 1.33 bits per heavy atom. The molecule has 0 saturated carbocycles. The zero-order valence-corrected chi connectivity index (χ0v) is 11.9. The number of carbonyl (C=O) groups is 1. The van der Waals surface area contributed by atoms with E-state index in [-0.39, 0.29) is 11.9 Å². The summed E-state index contributed by atoms with van der Waals surface area (Å²) in [5.41, 5.74) is 0. The number of carbonyl (C=O) groups excluding carboxylic acids is 1. The van der Waals surface area contributed by atoms with Gasteiger partial charge in [0.2, 0.25) is 5.91 Å². The lowest BCUT2D eigenvalue weighted by atomic mass is 10.2. The largest absolute Gasteiger partial charge is 0.378 e. The highest BCUT2D eigenvalue weighted by molar-refractivity contribution is 5.81. The van der Waals surface area contributed by atoms with E-state index in [0.29, 0.717) is 13.2 Å². The molecule has 0 radical (unpaired) electrons. The highest BCUT2D eigenvalue weighted by atomic mass is 16.5. The van der Waals surface area contributed by atoms with Gasteiger partial charge in [-0.25, -0.2) is 0 Å². The molecule has 1 fully saturated rings. The van der Waals surface area contributed by atoms with Gasteiger partial charge in [0, 0.05) is 26.2 Å². The fourth-order valence-electron chi connectivity index (χ4n) is 2.12. The second-order valence-corrected chi connectivity index (χ2v) is 4.64. The van der Waals surface area contributed by atoms with E-state index in [9.17, 15) is 4.79 Å². The van der Waals surface area contributed by atoms with Crippen molar-refractivity contribution < 1.29 is 9.53 Å². The Morgan fingerprint density at radius 3 is 2.50 bits per heavy atom. The molecular weight excluding hydrogens is 230 g/mol. The smallest absolute Gasteiger partial charge is 0.239 e. The Balaban J connectivity index is 2.22. The Bertz CT molecular complexity index is 238. The van der Waals surface area contributed by atoms with Gasteiger partial charge in [-0.15, -0.1) is 0 Å². The summed E-state index contributed by atoms with van der Waals surface area (Å²) in [4.78, 5) is 16.3. The lowest BCUT2D eigenvalue weighted by Crippen LogP contribution is -2.50. The van der Waals surface area contributed by atoms with Crippen LogP contribution in [0.15, 0.2) is 0 Å². The lowest BCUT2D eigenvalue weighted by Gasteiger charge is -2.30. The number of ether oxygens (including phenoxy) is 1. The van der Waals surface area contributed by atoms with Crippen molar-refractivity contribution in [2.75, 3.05) is 52.5 Å². The first-order valence-corrected chi connectivity index (χ1v) is 7.01. The van der Waals surface area contributed by atoms with Crippen LogP contribution in [0.3, 0.4) is 0 Å². The molecule has 106 valence electrons. The third kappa shape index (κ3) is 4.92. The van der Waals surface area contributed by atoms with Crippen molar-refractivity contribution in [1.82, 2.24) is 15.1 Å². The molecule has 0 aromatic rings. The van der Waals surface area contributed by atoms with E-state index >= 15 is 0 Å². The zero-order chi connectivity index (χ0) is 13.4. The van der Waals surface area contributed by atoms with Gasteiger partial charge in [-0.05, 0) is 20.0 Å². The minimum atomic E-state index is -0.0985. The molecule has 5 heteroatoms. The van der Waals surface area contributed by atoms with Crippen LogP contribution in [0, 0.1) is 0 Å². The molecule has 1 atom stereocenters. The minimum Gasteiger partial charge on any atom is -0.378 e. The van der Waals surface area contributed by atoms with Crippen molar-refractivity contribution in [3.63, 3.8) is 0 Å². The molecular formula is C13H27N3O2. The van der Waals surface area contributed by atoms with Crippen LogP contribution >= 0.6 is 0 Å². The molecule has 1 saturated heterocycles. The molecule has 1 rings (SSSR count). The second-order valence-electron chi connectivity index (χ2n) is 4.64. The molecule has 5 nitrogen and oxygen atoms in total. The summed E-state index contributed by atoms with van der Waals surface area (Å²) in [5, 5.41) is 3.31. The van der Waals surface area contributed by atoms with Gasteiger partial charge in [0.15, 0.2) is 0 Å². The van der Waals surface area contributed by atoms with Crippen molar-refractivity contribution in [3.8, 4) is 0 Å². The van der Waals surface area contributed by atoms with Crippen LogP contribution in [-0.2, 0) is 9.53 Å². The van der Waals surface area contributed by atoms with Gasteiger partial charge >= 0.3 is 0 Å². The fraction of sp³-hybridized carbons (Fsp3) is 0.923. The number of nitrogens with one attached hydrogen (secondary N) is 1. The predicted molar refractivity (Wildman–Crippen MR) is 72.7 cm³/mol. The van der Waals surface area contributed by atoms with E-state index in [2.05, 4.69) is 24.1 Å². The van der Waals surface area contributed by atoms with Crippen LogP contribution in [0.4, 0.5) is 0 Å². The molecule has 0 spiro atoms. The topological polar surface area (TPSA) is 44.8 Å². The van der Waals surface area contributed by atoms with Crippen molar-refractivity contribution in [3.05, 3.63) is 0 Å². The van der Waals surface area contributed by atoms with Gasteiger partial charge in [-0.3, -0.25) is 4.79 Å². The molecule has 18 heavy (non-hydrogen) atoms. The summed E-state index contributed by atoms with van der Waals surface area (Å²) < 4.78 is 5.25. The number of amides is 1. The summed E-state index contributed by atoms with van der Waals surface area (Å²) in [6.45, 7) is 13.0. The molecule has 0 aromatic carbocycles. The molecule has 1 unspecified atom stereocenters. The third-order valence-electron chi connectivity index (χ3n) is 3.47. The standard InChI is InChI=1S/C13H27N3O2/c1-4-15(5-2)7-6-14-12(3)13(17)16-8-10-18-11-9-16/h12,14H,4-11H2,1-3H3. The van der Waals surface area contributed by atoms with Crippen molar-refractivity contribution >= 4 is 5.91 Å². The molecule has 1 N–H and O–H groups in total. The second kappa shape index (κ2) is 8.45. The van der Waals surface area contributed by atoms with Gasteiger partial charge in [0.25, 0.3) is 0 Å². The highest BCUT2D eigenvalue weighted by Crippen LogP contribution is 2.00. The first kappa shape index (κ1) is 15.4. The number of hydrogen-bond donors (Lipinski definition) is 1. The molecule has 0 aromatic heterocycles. The molecule has 0 aliphatic carbocycles. The molecule has 1 heterocycles. The summed E-state index contributed by atoms with van der Waals surface area (Å²) in [6.07, 6.45) is 0. The number of morpholine rings is 1. The summed E-state index contributed by atoms with van der Waals surface area (Å²) in [5.74, 6) is 0.192. The summed E-state index contributed by atoms with van der Waals surface area (Å²) in [7, 11) is 0. The summed E-state index contributed by atoms with van der Waals surface area (Å²) in [6, 6.07) is -0.0985. The van der Waals surface area contributed by atoms with Crippen LogP contribution in [-0.4, -0.2) is 74.2 Å². The van der Waals surface area contributed by atoms with E-state index in [0.717, 1.165) is 39.3 Å². The summed E-state index contributed by atoms with van der Waals surface area (Å²) >= 11 is 0. The normalized spacial score (nSPS) is 18.1. The first-order chi connectivity index (χ1) is 8.69. The van der Waals surface area contributed by atoms with Crippen LogP contribution in [0.1, 0.15) is 20.8 Å². The third-order valence-corrected chi connectivity index (χ3v) is 3.47. The average Bonchev–Trinajstić information content (AvgIpc) is 2.43. The maximum absolute atomic E-state index is 12.1. The van der Waals surface area contributed by atoms with E-state index < -0.39 is 0 Å². The number of rotatable bonds is 7. The Morgan fingerprint density at radius 2 is 1.94 bits per heavy atom. The van der Waals surface area contributed by atoms with Gasteiger partial charge in [0.1, 0.15) is 0 Å². The first-order valence-electron chi connectivity index (χ1n) is 7.01. The number of likely N-dealkylation sites (N-methyl/N-ethyl adjacent to an activating group) is 1. The maximum atomic E-state index is 12.1. The Hall–Kier alpha value is -0.650. The van der Waals surface area contributed by atoms with Crippen molar-refractivity contribution in [1.29, 1.82) is 0 Å². The van der Waals surface area contributed by atoms with Crippen molar-refractivity contribution in [2.24, 2.45) is 0 Å². The van der Waals surface area contributed by atoms with Crippen LogP contribution in [0.2, 0.25) is 0 Å². The quantitative estimate of drug-likeness (QED) is 0.706. The molecule has 0 bridgehead atoms. The Kier molecular flexibility index (Phi) is 7.23. The molecule has 1 aliphatic rings. The van der Waals surface area contributed by atoms with Crippen molar-refractivity contribution in [2.45, 2.75) is 26.8 Å². The fourth-order valence-corrected chi connectivity index (χ4v) is 2.12.